The van der Waals surface area contributed by atoms with Gasteiger partial charge in [-0.2, -0.15) is 5.10 Å². The van der Waals surface area contributed by atoms with E-state index >= 15 is 0 Å². The molecule has 0 bridgehead atoms. The van der Waals surface area contributed by atoms with Crippen LogP contribution in [0.2, 0.25) is 0 Å². The van der Waals surface area contributed by atoms with Gasteiger partial charge in [0.05, 0.1) is 6.20 Å². The van der Waals surface area contributed by atoms with Crippen molar-refractivity contribution in [1.82, 2.24) is 15.2 Å². The Balaban J connectivity index is 2.86. The number of aryl methyl sites for hydroxylation is 1. The van der Waals surface area contributed by atoms with Crippen LogP contribution in [0, 0.1) is 6.92 Å². The quantitative estimate of drug-likeness (QED) is 0.588. The third-order valence-corrected chi connectivity index (χ3v) is 1.46. The molecule has 0 saturated heterocycles. The zero-order valence-corrected chi connectivity index (χ0v) is 5.63. The Kier molecular flexibility index (Phi) is 0.974. The lowest BCUT2D eigenvalue weighted by Gasteiger charge is -1.87. The highest BCUT2D eigenvalue weighted by Crippen LogP contribution is 2.08. The highest BCUT2D eigenvalue weighted by Gasteiger charge is 1.93. The van der Waals surface area contributed by atoms with Crippen LogP contribution < -0.4 is 0 Å². The molecular formula is C7H7N3. The highest BCUT2D eigenvalue weighted by atomic mass is 15.1. The van der Waals surface area contributed by atoms with E-state index in [-0.39, 0.29) is 0 Å². The number of aromatic nitrogens is 3. The summed E-state index contributed by atoms with van der Waals surface area (Å²) >= 11 is 0. The Bertz CT molecular complexity index is 350. The summed E-state index contributed by atoms with van der Waals surface area (Å²) in [5.74, 6) is 0. The summed E-state index contributed by atoms with van der Waals surface area (Å²) in [5.41, 5.74) is 1.94. The fourth-order valence-electron chi connectivity index (χ4n) is 0.954. The van der Waals surface area contributed by atoms with E-state index in [1.54, 1.807) is 6.20 Å². The third kappa shape index (κ3) is 0.673. The van der Waals surface area contributed by atoms with Gasteiger partial charge in [0.1, 0.15) is 5.52 Å². The molecule has 0 aromatic carbocycles. The van der Waals surface area contributed by atoms with Gasteiger partial charge >= 0.3 is 0 Å². The average molecular weight is 133 g/mol. The van der Waals surface area contributed by atoms with E-state index in [4.69, 9.17) is 0 Å². The molecule has 2 aromatic heterocycles. The number of nitrogens with zero attached hydrogens (tertiary/aromatic N) is 2. The van der Waals surface area contributed by atoms with Crippen molar-refractivity contribution in [3.63, 3.8) is 0 Å². The first kappa shape index (κ1) is 5.41. The lowest BCUT2D eigenvalue weighted by atomic mass is 10.3. The van der Waals surface area contributed by atoms with Crippen molar-refractivity contribution in [2.24, 2.45) is 0 Å². The molecule has 3 heteroatoms. The molecule has 2 rings (SSSR count). The summed E-state index contributed by atoms with van der Waals surface area (Å²) in [7, 11) is 0. The molecule has 10 heavy (non-hydrogen) atoms. The molecule has 0 amide bonds. The fraction of sp³-hybridized carbons (Fsp3) is 0.143. The van der Waals surface area contributed by atoms with Crippen molar-refractivity contribution < 1.29 is 0 Å². The summed E-state index contributed by atoms with van der Waals surface area (Å²) in [4.78, 5) is 4.10. The maximum atomic E-state index is 4.10. The molecule has 0 spiro atoms. The second kappa shape index (κ2) is 1.80. The zero-order chi connectivity index (χ0) is 6.97. The molecule has 2 heterocycles. The van der Waals surface area contributed by atoms with Gasteiger partial charge < -0.3 is 0 Å². The maximum absolute atomic E-state index is 4.10. The predicted octanol–water partition coefficient (Wildman–Crippen LogP) is 1.27. The summed E-state index contributed by atoms with van der Waals surface area (Å²) in [6.07, 6.45) is 3.63. The van der Waals surface area contributed by atoms with Crippen molar-refractivity contribution in [3.8, 4) is 0 Å². The largest absolute Gasteiger partial charge is 0.284 e. The second-order valence-corrected chi connectivity index (χ2v) is 2.27. The molecule has 0 saturated carbocycles. The molecule has 0 atom stereocenters. The van der Waals surface area contributed by atoms with Crippen molar-refractivity contribution in [2.45, 2.75) is 6.92 Å². The number of hydrogen-bond donors (Lipinski definition) is 1. The van der Waals surface area contributed by atoms with E-state index in [0.717, 1.165) is 16.6 Å². The first-order valence-corrected chi connectivity index (χ1v) is 3.12. The van der Waals surface area contributed by atoms with Gasteiger partial charge in [-0.05, 0) is 13.0 Å². The highest BCUT2D eigenvalue weighted by molar-refractivity contribution is 5.76. The van der Waals surface area contributed by atoms with E-state index in [2.05, 4.69) is 15.2 Å². The number of fused-ring (bicyclic) bond motifs is 1. The van der Waals surface area contributed by atoms with E-state index in [1.165, 1.54) is 0 Å². The number of hydrogen-bond acceptors (Lipinski definition) is 2. The van der Waals surface area contributed by atoms with Crippen molar-refractivity contribution >= 4 is 10.9 Å². The van der Waals surface area contributed by atoms with Crippen molar-refractivity contribution in [3.05, 3.63) is 24.2 Å². The fourth-order valence-corrected chi connectivity index (χ4v) is 0.954. The monoisotopic (exact) mass is 133 g/mol. The van der Waals surface area contributed by atoms with Gasteiger partial charge in [0, 0.05) is 17.3 Å². The summed E-state index contributed by atoms with van der Waals surface area (Å²) in [6.45, 7) is 1.96. The second-order valence-electron chi connectivity index (χ2n) is 2.27. The smallest absolute Gasteiger partial charge is 0.110 e. The van der Waals surface area contributed by atoms with Gasteiger partial charge in [-0.25, -0.2) is 0 Å². The van der Waals surface area contributed by atoms with Gasteiger partial charge in [-0.1, -0.05) is 0 Å². The van der Waals surface area contributed by atoms with E-state index in [0.29, 0.717) is 0 Å². The standard InChI is InChI=1S/C7H7N3/c1-5-2-6-3-9-10-7(6)4-8-5/h2-4H,1H3,(H,9,10). The SMILES string of the molecule is Cc1cc2c[nH]nc2cn1. The van der Waals surface area contributed by atoms with Crippen LogP contribution in [-0.2, 0) is 0 Å². The van der Waals surface area contributed by atoms with Gasteiger partial charge in [-0.15, -0.1) is 0 Å². The molecule has 0 aliphatic heterocycles. The van der Waals surface area contributed by atoms with Gasteiger partial charge in [-0.3, -0.25) is 10.1 Å². The normalized spacial score (nSPS) is 10.5. The van der Waals surface area contributed by atoms with Crippen LogP contribution in [0.3, 0.4) is 0 Å². The molecule has 1 N–H and O–H groups in total. The van der Waals surface area contributed by atoms with Crippen LogP contribution in [0.4, 0.5) is 0 Å². The number of aromatic amines is 1. The summed E-state index contributed by atoms with van der Waals surface area (Å²) < 4.78 is 0. The van der Waals surface area contributed by atoms with Gasteiger partial charge in [0.25, 0.3) is 0 Å². The summed E-state index contributed by atoms with van der Waals surface area (Å²) in [6, 6.07) is 2.00. The van der Waals surface area contributed by atoms with E-state index < -0.39 is 0 Å². The molecule has 2 aromatic rings. The molecule has 0 fully saturated rings. The van der Waals surface area contributed by atoms with Gasteiger partial charge in [0.2, 0.25) is 0 Å². The van der Waals surface area contributed by atoms with Crippen LogP contribution in [0.15, 0.2) is 18.5 Å². The molecule has 0 unspecified atom stereocenters. The van der Waals surface area contributed by atoms with Crippen LogP contribution in [0.25, 0.3) is 10.9 Å². The average Bonchev–Trinajstić information content (AvgIpc) is 2.33. The minimum atomic E-state index is 0.922. The van der Waals surface area contributed by atoms with Crippen LogP contribution in [0.5, 0.6) is 0 Å². The van der Waals surface area contributed by atoms with E-state index in [1.807, 2.05) is 19.2 Å². The maximum Gasteiger partial charge on any atom is 0.110 e. The molecular weight excluding hydrogens is 126 g/mol. The van der Waals surface area contributed by atoms with Crippen molar-refractivity contribution in [1.29, 1.82) is 0 Å². The predicted molar refractivity (Wildman–Crippen MR) is 38.6 cm³/mol. The zero-order valence-electron chi connectivity index (χ0n) is 5.63. The van der Waals surface area contributed by atoms with E-state index in [9.17, 15) is 0 Å². The van der Waals surface area contributed by atoms with Crippen LogP contribution in [-0.4, -0.2) is 15.2 Å². The third-order valence-electron chi connectivity index (χ3n) is 1.46. The number of rotatable bonds is 0. The molecule has 0 aliphatic carbocycles. The molecule has 3 nitrogen and oxygen atoms in total. The minimum absolute atomic E-state index is 0.922. The Morgan fingerprint density at radius 1 is 1.50 bits per heavy atom. The molecule has 50 valence electrons. The first-order valence-electron chi connectivity index (χ1n) is 3.12. The van der Waals surface area contributed by atoms with Crippen LogP contribution >= 0.6 is 0 Å². The minimum Gasteiger partial charge on any atom is -0.284 e. The Hall–Kier alpha value is -1.38. The Morgan fingerprint density at radius 2 is 2.40 bits per heavy atom. The summed E-state index contributed by atoms with van der Waals surface area (Å²) in [5, 5.41) is 7.87. The van der Waals surface area contributed by atoms with Crippen LogP contribution in [0.1, 0.15) is 5.69 Å². The Morgan fingerprint density at radius 3 is 3.30 bits per heavy atom. The number of H-pyrrole nitrogens is 1. The number of pyridine rings is 1. The topological polar surface area (TPSA) is 41.6 Å². The lowest BCUT2D eigenvalue weighted by Crippen LogP contribution is -1.77. The Labute approximate surface area is 58.1 Å². The molecule has 0 aliphatic rings. The first-order chi connectivity index (χ1) is 4.86. The lowest BCUT2D eigenvalue weighted by molar-refractivity contribution is 1.11. The van der Waals surface area contributed by atoms with Crippen molar-refractivity contribution in [2.75, 3.05) is 0 Å². The number of nitrogens with one attached hydrogen (secondary N) is 1. The molecule has 0 radical (unpaired) electrons. The van der Waals surface area contributed by atoms with Gasteiger partial charge in [0.15, 0.2) is 0 Å².